The maximum absolute atomic E-state index is 5.69. The van der Waals surface area contributed by atoms with Gasteiger partial charge >= 0.3 is 0 Å². The van der Waals surface area contributed by atoms with Crippen LogP contribution in [-0.2, 0) is 0 Å². The molecule has 0 amide bonds. The first-order chi connectivity index (χ1) is 7.83. The van der Waals surface area contributed by atoms with Crippen LogP contribution in [0, 0.1) is 0 Å². The summed E-state index contributed by atoms with van der Waals surface area (Å²) in [6.07, 6.45) is 5.69. The number of nitrogens with one attached hydrogen (secondary N) is 1. The van der Waals surface area contributed by atoms with Crippen LogP contribution in [0.15, 0.2) is 17.8 Å². The lowest BCUT2D eigenvalue weighted by Crippen LogP contribution is -2.00. The highest BCUT2D eigenvalue weighted by Gasteiger charge is 2.26. The smallest absolute Gasteiger partial charge is 0.188 e. The molecule has 3 N–H and O–H groups in total. The average Bonchev–Trinajstić information content (AvgIpc) is 3.03. The van der Waals surface area contributed by atoms with E-state index in [2.05, 4.69) is 25.6 Å². The van der Waals surface area contributed by atoms with Gasteiger partial charge in [0.15, 0.2) is 16.8 Å². The lowest BCUT2D eigenvalue weighted by Gasteiger charge is -2.02. The Labute approximate surface area is 96.8 Å². The normalized spacial score (nSPS) is 15.0. The van der Waals surface area contributed by atoms with Crippen LogP contribution in [0.1, 0.15) is 24.5 Å². The first-order valence-corrected chi connectivity index (χ1v) is 6.00. The van der Waals surface area contributed by atoms with Crippen molar-refractivity contribution in [2.24, 2.45) is 0 Å². The first-order valence-electron chi connectivity index (χ1n) is 5.12. The van der Waals surface area contributed by atoms with E-state index in [0.29, 0.717) is 17.6 Å². The molecule has 16 heavy (non-hydrogen) atoms. The fraction of sp³-hybridized carbons (Fsp3) is 0.300. The Morgan fingerprint density at radius 2 is 2.12 bits per heavy atom. The number of thiazole rings is 1. The van der Waals surface area contributed by atoms with Gasteiger partial charge < -0.3 is 11.1 Å². The number of rotatable bonds is 3. The summed E-state index contributed by atoms with van der Waals surface area (Å²) in [5.41, 5.74) is 6.86. The minimum absolute atomic E-state index is 0.394. The number of nitrogens with zero attached hydrogens (tertiary/aromatic N) is 3. The average molecular weight is 233 g/mol. The second-order valence-corrected chi connectivity index (χ2v) is 4.63. The van der Waals surface area contributed by atoms with Gasteiger partial charge in [0, 0.05) is 23.7 Å². The highest BCUT2D eigenvalue weighted by Crippen LogP contribution is 2.41. The zero-order valence-corrected chi connectivity index (χ0v) is 9.37. The molecule has 0 unspecified atom stereocenters. The molecule has 2 heterocycles. The Hall–Kier alpha value is -1.69. The number of aromatic nitrogens is 3. The van der Waals surface area contributed by atoms with Gasteiger partial charge in [-0.25, -0.2) is 15.0 Å². The molecular weight excluding hydrogens is 222 g/mol. The quantitative estimate of drug-likeness (QED) is 0.849. The Balaban J connectivity index is 1.80. The zero-order valence-electron chi connectivity index (χ0n) is 8.55. The van der Waals surface area contributed by atoms with Gasteiger partial charge in [-0.05, 0) is 12.8 Å². The van der Waals surface area contributed by atoms with E-state index in [1.807, 2.05) is 0 Å². The molecular formula is C10H11N5S. The van der Waals surface area contributed by atoms with Gasteiger partial charge in [0.05, 0.1) is 5.69 Å². The van der Waals surface area contributed by atoms with Crippen LogP contribution in [0.4, 0.5) is 16.8 Å². The molecule has 1 aliphatic rings. The highest BCUT2D eigenvalue weighted by molar-refractivity contribution is 7.13. The lowest BCUT2D eigenvalue weighted by molar-refractivity contribution is 1.05. The standard InChI is InChI=1S/C10H11N5S/c11-8-9(13-4-3-12-8)15-10-14-7(5-16-10)6-1-2-6/h3-6H,1-2H2,(H2,11,12)(H,13,14,15). The summed E-state index contributed by atoms with van der Waals surface area (Å²) in [5.74, 6) is 1.64. The Morgan fingerprint density at radius 1 is 1.31 bits per heavy atom. The van der Waals surface area contributed by atoms with Crippen molar-refractivity contribution in [3.8, 4) is 0 Å². The Bertz CT molecular complexity index is 505. The molecule has 0 spiro atoms. The minimum atomic E-state index is 0.394. The van der Waals surface area contributed by atoms with Crippen molar-refractivity contribution >= 4 is 28.1 Å². The number of anilines is 3. The molecule has 2 aromatic rings. The van der Waals surface area contributed by atoms with E-state index in [9.17, 15) is 0 Å². The maximum Gasteiger partial charge on any atom is 0.188 e. The fourth-order valence-electron chi connectivity index (χ4n) is 1.46. The third-order valence-corrected chi connectivity index (χ3v) is 3.25. The van der Waals surface area contributed by atoms with E-state index in [4.69, 9.17) is 5.73 Å². The molecule has 0 aromatic carbocycles. The molecule has 0 aliphatic heterocycles. The van der Waals surface area contributed by atoms with Gasteiger partial charge in [-0.3, -0.25) is 0 Å². The van der Waals surface area contributed by atoms with Crippen molar-refractivity contribution in [3.05, 3.63) is 23.5 Å². The van der Waals surface area contributed by atoms with Crippen molar-refractivity contribution in [1.29, 1.82) is 0 Å². The van der Waals surface area contributed by atoms with E-state index in [0.717, 1.165) is 5.13 Å². The zero-order chi connectivity index (χ0) is 11.0. The third-order valence-electron chi connectivity index (χ3n) is 2.47. The van der Waals surface area contributed by atoms with Gasteiger partial charge in [-0.15, -0.1) is 11.3 Å². The van der Waals surface area contributed by atoms with Gasteiger partial charge in [-0.1, -0.05) is 0 Å². The van der Waals surface area contributed by atoms with Gasteiger partial charge in [0.2, 0.25) is 0 Å². The van der Waals surface area contributed by atoms with E-state index in [-0.39, 0.29) is 0 Å². The SMILES string of the molecule is Nc1nccnc1Nc1nc(C2CC2)cs1. The monoisotopic (exact) mass is 233 g/mol. The van der Waals surface area contributed by atoms with E-state index >= 15 is 0 Å². The van der Waals surface area contributed by atoms with Crippen LogP contribution in [0.25, 0.3) is 0 Å². The number of hydrogen-bond acceptors (Lipinski definition) is 6. The van der Waals surface area contributed by atoms with Crippen LogP contribution in [0.2, 0.25) is 0 Å². The molecule has 0 saturated heterocycles. The highest BCUT2D eigenvalue weighted by atomic mass is 32.1. The molecule has 1 fully saturated rings. The van der Waals surface area contributed by atoms with Crippen molar-refractivity contribution in [1.82, 2.24) is 15.0 Å². The number of hydrogen-bond donors (Lipinski definition) is 2. The minimum Gasteiger partial charge on any atom is -0.381 e. The van der Waals surface area contributed by atoms with Crippen LogP contribution < -0.4 is 11.1 Å². The maximum atomic E-state index is 5.69. The topological polar surface area (TPSA) is 76.7 Å². The van der Waals surface area contributed by atoms with Crippen molar-refractivity contribution < 1.29 is 0 Å². The van der Waals surface area contributed by atoms with Crippen LogP contribution >= 0.6 is 11.3 Å². The molecule has 1 saturated carbocycles. The molecule has 0 atom stereocenters. The third kappa shape index (κ3) is 1.83. The molecule has 6 heteroatoms. The summed E-state index contributed by atoms with van der Waals surface area (Å²) in [6.45, 7) is 0. The van der Waals surface area contributed by atoms with Crippen LogP contribution in [-0.4, -0.2) is 15.0 Å². The largest absolute Gasteiger partial charge is 0.381 e. The fourth-order valence-corrected chi connectivity index (χ4v) is 2.25. The molecule has 0 radical (unpaired) electrons. The van der Waals surface area contributed by atoms with Crippen molar-refractivity contribution in [2.75, 3.05) is 11.1 Å². The number of nitrogens with two attached hydrogens (primary N) is 1. The molecule has 5 nitrogen and oxygen atoms in total. The van der Waals surface area contributed by atoms with Crippen LogP contribution in [0.5, 0.6) is 0 Å². The molecule has 0 bridgehead atoms. The second-order valence-electron chi connectivity index (χ2n) is 3.77. The summed E-state index contributed by atoms with van der Waals surface area (Å²) in [6, 6.07) is 0. The van der Waals surface area contributed by atoms with E-state index in [1.54, 1.807) is 23.7 Å². The van der Waals surface area contributed by atoms with Gasteiger partial charge in [0.25, 0.3) is 0 Å². The Morgan fingerprint density at radius 3 is 2.88 bits per heavy atom. The van der Waals surface area contributed by atoms with Gasteiger partial charge in [-0.2, -0.15) is 0 Å². The van der Waals surface area contributed by atoms with E-state index < -0.39 is 0 Å². The summed E-state index contributed by atoms with van der Waals surface area (Å²) in [7, 11) is 0. The number of nitrogen functional groups attached to an aromatic ring is 1. The first kappa shape index (κ1) is 9.53. The molecule has 1 aliphatic carbocycles. The summed E-state index contributed by atoms with van der Waals surface area (Å²) in [5, 5.41) is 6.00. The van der Waals surface area contributed by atoms with E-state index in [1.165, 1.54) is 18.5 Å². The molecule has 82 valence electrons. The second kappa shape index (κ2) is 3.71. The Kier molecular flexibility index (Phi) is 2.21. The van der Waals surface area contributed by atoms with Crippen molar-refractivity contribution in [3.63, 3.8) is 0 Å². The molecule has 2 aromatic heterocycles. The van der Waals surface area contributed by atoms with Gasteiger partial charge in [0.1, 0.15) is 0 Å². The predicted octanol–water partition coefficient (Wildman–Crippen LogP) is 2.14. The van der Waals surface area contributed by atoms with Crippen LogP contribution in [0.3, 0.4) is 0 Å². The summed E-state index contributed by atoms with van der Waals surface area (Å²) >= 11 is 1.58. The summed E-state index contributed by atoms with van der Waals surface area (Å²) in [4.78, 5) is 12.6. The molecule has 3 rings (SSSR count). The summed E-state index contributed by atoms with van der Waals surface area (Å²) < 4.78 is 0. The lowest BCUT2D eigenvalue weighted by atomic mass is 10.3. The van der Waals surface area contributed by atoms with Crippen molar-refractivity contribution in [2.45, 2.75) is 18.8 Å². The predicted molar refractivity (Wildman–Crippen MR) is 63.8 cm³/mol.